The van der Waals surface area contributed by atoms with Crippen molar-refractivity contribution in [2.75, 3.05) is 13.2 Å². The maximum Gasteiger partial charge on any atom is 0.147 e. The number of rotatable bonds is 14. The lowest BCUT2D eigenvalue weighted by Crippen LogP contribution is -2.24. The first kappa shape index (κ1) is 17.9. The Morgan fingerprint density at radius 3 is 1.78 bits per heavy atom. The Balaban J connectivity index is 3.48. The lowest BCUT2D eigenvalue weighted by molar-refractivity contribution is -0.0916. The van der Waals surface area contributed by atoms with E-state index in [-0.39, 0.29) is 5.91 Å². The van der Waals surface area contributed by atoms with Crippen molar-refractivity contribution in [2.45, 2.75) is 71.1 Å². The summed E-state index contributed by atoms with van der Waals surface area (Å²) in [6.45, 7) is 9.86. The first-order valence-electron chi connectivity index (χ1n) is 7.45. The highest BCUT2D eigenvalue weighted by molar-refractivity contribution is 6.42. The molecular formula is C15H30O2Si. The predicted molar refractivity (Wildman–Crippen MR) is 79.9 cm³/mol. The molecule has 0 unspecified atom stereocenters. The summed E-state index contributed by atoms with van der Waals surface area (Å²) < 4.78 is 11.5. The highest BCUT2D eigenvalue weighted by Crippen LogP contribution is 2.04. The van der Waals surface area contributed by atoms with Crippen LogP contribution in [0.3, 0.4) is 0 Å². The molecule has 2 radical (unpaired) electrons. The van der Waals surface area contributed by atoms with E-state index in [1.54, 1.807) is 0 Å². The smallest absolute Gasteiger partial charge is 0.147 e. The average Bonchev–Trinajstić information content (AvgIpc) is 2.38. The van der Waals surface area contributed by atoms with E-state index in [9.17, 15) is 0 Å². The van der Waals surface area contributed by atoms with Gasteiger partial charge in [-0.05, 0) is 12.8 Å². The largest absolute Gasteiger partial charge is 0.357 e. The minimum absolute atomic E-state index is 0.0502. The van der Waals surface area contributed by atoms with Gasteiger partial charge in [0.15, 0.2) is 0 Å². The molecule has 0 aliphatic carbocycles. The molecule has 0 bridgehead atoms. The van der Waals surface area contributed by atoms with Crippen molar-refractivity contribution >= 4 is 9.52 Å². The number of hydrogen-bond donors (Lipinski definition) is 0. The SMILES string of the molecule is C=C[Si]C(OCCCCCC)OCCCCCC. The first-order valence-corrected chi connectivity index (χ1v) is 8.60. The fourth-order valence-corrected chi connectivity index (χ4v) is 2.30. The summed E-state index contributed by atoms with van der Waals surface area (Å²) in [6, 6.07) is 0. The van der Waals surface area contributed by atoms with Crippen molar-refractivity contribution in [3.63, 3.8) is 0 Å². The molecule has 0 amide bonds. The maximum atomic E-state index is 5.75. The van der Waals surface area contributed by atoms with Crippen LogP contribution >= 0.6 is 0 Å². The van der Waals surface area contributed by atoms with Crippen molar-refractivity contribution in [1.29, 1.82) is 0 Å². The average molecular weight is 270 g/mol. The summed E-state index contributed by atoms with van der Waals surface area (Å²) in [5.41, 5.74) is 1.91. The Bertz CT molecular complexity index is 160. The van der Waals surface area contributed by atoms with Crippen LogP contribution in [-0.2, 0) is 9.47 Å². The highest BCUT2D eigenvalue weighted by Gasteiger charge is 2.07. The van der Waals surface area contributed by atoms with E-state index >= 15 is 0 Å². The van der Waals surface area contributed by atoms with E-state index in [2.05, 4.69) is 20.4 Å². The first-order chi connectivity index (χ1) is 8.85. The predicted octanol–water partition coefficient (Wildman–Crippen LogP) is 4.31. The van der Waals surface area contributed by atoms with Gasteiger partial charge in [-0.3, -0.25) is 0 Å². The van der Waals surface area contributed by atoms with E-state index in [1.807, 2.05) is 5.70 Å². The van der Waals surface area contributed by atoms with Gasteiger partial charge >= 0.3 is 0 Å². The third-order valence-electron chi connectivity index (χ3n) is 2.79. The van der Waals surface area contributed by atoms with Crippen LogP contribution in [0.5, 0.6) is 0 Å². The Morgan fingerprint density at radius 2 is 1.39 bits per heavy atom. The second-order valence-corrected chi connectivity index (χ2v) is 5.78. The van der Waals surface area contributed by atoms with Crippen LogP contribution in [0.25, 0.3) is 0 Å². The molecule has 0 saturated heterocycles. The molecule has 0 heterocycles. The standard InChI is InChI=1S/C15H30O2Si/c1-4-7-9-11-13-16-15(18-6-3)17-14-12-10-8-5-2/h6,15H,3-5,7-14H2,1-2H3. The molecule has 0 rings (SSSR count). The fourth-order valence-electron chi connectivity index (χ4n) is 1.68. The van der Waals surface area contributed by atoms with Crippen LogP contribution in [0, 0.1) is 0 Å². The van der Waals surface area contributed by atoms with Gasteiger partial charge in [0.25, 0.3) is 0 Å². The van der Waals surface area contributed by atoms with Crippen molar-refractivity contribution in [3.8, 4) is 0 Å². The normalized spacial score (nSPS) is 11.1. The molecule has 0 aliphatic heterocycles. The minimum atomic E-state index is -0.0502. The molecule has 0 aromatic heterocycles. The molecule has 106 valence electrons. The minimum Gasteiger partial charge on any atom is -0.357 e. The summed E-state index contributed by atoms with van der Waals surface area (Å²) >= 11 is 0. The molecule has 0 saturated carbocycles. The fraction of sp³-hybridized carbons (Fsp3) is 0.867. The van der Waals surface area contributed by atoms with Gasteiger partial charge in [-0.2, -0.15) is 0 Å². The lowest BCUT2D eigenvalue weighted by Gasteiger charge is -2.16. The summed E-state index contributed by atoms with van der Waals surface area (Å²) in [5, 5.41) is 0. The van der Waals surface area contributed by atoms with Gasteiger partial charge in [-0.1, -0.05) is 52.4 Å². The Hall–Kier alpha value is -0.123. The molecule has 3 heteroatoms. The van der Waals surface area contributed by atoms with Gasteiger partial charge in [-0.25, -0.2) is 0 Å². The Labute approximate surface area is 116 Å². The van der Waals surface area contributed by atoms with Gasteiger partial charge in [-0.15, -0.1) is 12.3 Å². The van der Waals surface area contributed by atoms with Crippen LogP contribution in [-0.4, -0.2) is 28.6 Å². The molecule has 0 spiro atoms. The summed E-state index contributed by atoms with van der Waals surface area (Å²) in [4.78, 5) is 0. The zero-order valence-electron chi connectivity index (χ0n) is 12.2. The zero-order chi connectivity index (χ0) is 13.5. The van der Waals surface area contributed by atoms with Gasteiger partial charge in [0, 0.05) is 13.2 Å². The quantitative estimate of drug-likeness (QED) is 0.266. The molecule has 18 heavy (non-hydrogen) atoms. The highest BCUT2D eigenvalue weighted by atomic mass is 28.2. The van der Waals surface area contributed by atoms with E-state index in [4.69, 9.17) is 9.47 Å². The van der Waals surface area contributed by atoms with Crippen molar-refractivity contribution < 1.29 is 9.47 Å². The molecule has 0 aliphatic rings. The van der Waals surface area contributed by atoms with Crippen LogP contribution in [0.15, 0.2) is 12.3 Å². The topological polar surface area (TPSA) is 18.5 Å². The zero-order valence-corrected chi connectivity index (χ0v) is 13.2. The molecule has 0 aromatic carbocycles. The van der Waals surface area contributed by atoms with Crippen LogP contribution < -0.4 is 0 Å². The van der Waals surface area contributed by atoms with E-state index in [0.717, 1.165) is 26.1 Å². The third-order valence-corrected chi connectivity index (χ3v) is 3.63. The molecule has 0 N–H and O–H groups in total. The second kappa shape index (κ2) is 14.9. The van der Waals surface area contributed by atoms with Crippen molar-refractivity contribution in [2.24, 2.45) is 0 Å². The van der Waals surface area contributed by atoms with Crippen LogP contribution in [0.1, 0.15) is 65.2 Å². The molecular weight excluding hydrogens is 240 g/mol. The van der Waals surface area contributed by atoms with E-state index in [0.29, 0.717) is 9.52 Å². The van der Waals surface area contributed by atoms with E-state index < -0.39 is 0 Å². The van der Waals surface area contributed by atoms with Gasteiger partial charge in [0.05, 0.1) is 0 Å². The Kier molecular flexibility index (Phi) is 14.8. The van der Waals surface area contributed by atoms with Gasteiger partial charge in [0.2, 0.25) is 0 Å². The summed E-state index contributed by atoms with van der Waals surface area (Å²) in [6.07, 6.45) is 9.95. The summed E-state index contributed by atoms with van der Waals surface area (Å²) in [7, 11) is 0.550. The van der Waals surface area contributed by atoms with Crippen LogP contribution in [0.4, 0.5) is 0 Å². The van der Waals surface area contributed by atoms with Gasteiger partial charge in [0.1, 0.15) is 15.4 Å². The second-order valence-electron chi connectivity index (χ2n) is 4.57. The third kappa shape index (κ3) is 12.3. The maximum absolute atomic E-state index is 5.75. The molecule has 0 aromatic rings. The van der Waals surface area contributed by atoms with Crippen LogP contribution in [0.2, 0.25) is 0 Å². The monoisotopic (exact) mass is 270 g/mol. The number of ether oxygens (including phenoxy) is 2. The van der Waals surface area contributed by atoms with Crippen molar-refractivity contribution in [1.82, 2.24) is 0 Å². The number of hydrogen-bond acceptors (Lipinski definition) is 2. The Morgan fingerprint density at radius 1 is 0.889 bits per heavy atom. The number of unbranched alkanes of at least 4 members (excludes halogenated alkanes) is 6. The molecule has 2 nitrogen and oxygen atoms in total. The summed E-state index contributed by atoms with van der Waals surface area (Å²) in [5.74, 6) is -0.0502. The lowest BCUT2D eigenvalue weighted by atomic mass is 10.2. The van der Waals surface area contributed by atoms with Crippen molar-refractivity contribution in [3.05, 3.63) is 12.3 Å². The van der Waals surface area contributed by atoms with E-state index in [1.165, 1.54) is 38.5 Å². The molecule has 0 fully saturated rings. The van der Waals surface area contributed by atoms with Gasteiger partial charge < -0.3 is 9.47 Å². The molecule has 0 atom stereocenters.